The molecule has 1 nitrogen and oxygen atoms in total. The van der Waals surface area contributed by atoms with Crippen LogP contribution < -0.4 is 5.32 Å². The highest BCUT2D eigenvalue weighted by Gasteiger charge is 2.20. The van der Waals surface area contributed by atoms with Gasteiger partial charge in [0.05, 0.1) is 0 Å². The summed E-state index contributed by atoms with van der Waals surface area (Å²) in [5, 5.41) is 4.59. The molecule has 1 aliphatic heterocycles. The molecule has 1 aromatic rings. The predicted molar refractivity (Wildman–Crippen MR) is 78.0 cm³/mol. The molecule has 0 fully saturated rings. The van der Waals surface area contributed by atoms with Gasteiger partial charge in [0.25, 0.3) is 0 Å². The van der Waals surface area contributed by atoms with Crippen LogP contribution in [-0.4, -0.2) is 12.3 Å². The van der Waals surface area contributed by atoms with Crippen molar-refractivity contribution in [1.29, 1.82) is 0 Å². The summed E-state index contributed by atoms with van der Waals surface area (Å²) >= 11 is 8.37. The molecule has 0 bridgehead atoms. The summed E-state index contributed by atoms with van der Waals surface area (Å²) in [6.45, 7) is 5.42. The van der Waals surface area contributed by atoms with Gasteiger partial charge in [0.2, 0.25) is 0 Å². The van der Waals surface area contributed by atoms with Crippen LogP contribution in [-0.2, 0) is 5.75 Å². The first-order chi connectivity index (χ1) is 8.22. The molecule has 1 atom stereocenters. The van der Waals surface area contributed by atoms with Gasteiger partial charge in [-0.2, -0.15) is 11.8 Å². The van der Waals surface area contributed by atoms with Gasteiger partial charge in [-0.25, -0.2) is 0 Å². The lowest BCUT2D eigenvalue weighted by molar-refractivity contribution is 0.521. The monoisotopic (exact) mass is 269 g/mol. The third-order valence-corrected chi connectivity index (χ3v) is 4.54. The second-order valence-corrected chi connectivity index (χ2v) is 6.17. The van der Waals surface area contributed by atoms with Crippen LogP contribution in [0.4, 0.5) is 0 Å². The molecular formula is C14H20ClNS. The van der Waals surface area contributed by atoms with Crippen molar-refractivity contribution in [1.82, 2.24) is 5.32 Å². The molecule has 0 aliphatic carbocycles. The Kier molecular flexibility index (Phi) is 4.78. The Hall–Kier alpha value is -0.180. The van der Waals surface area contributed by atoms with E-state index in [9.17, 15) is 0 Å². The summed E-state index contributed by atoms with van der Waals surface area (Å²) in [7, 11) is 0. The molecule has 94 valence electrons. The molecule has 0 aromatic heterocycles. The lowest BCUT2D eigenvalue weighted by Crippen LogP contribution is -2.23. The molecule has 1 unspecified atom stereocenters. The van der Waals surface area contributed by atoms with Crippen molar-refractivity contribution in [3.8, 4) is 0 Å². The Morgan fingerprint density at radius 2 is 2.29 bits per heavy atom. The van der Waals surface area contributed by atoms with Gasteiger partial charge in [-0.05, 0) is 54.8 Å². The highest BCUT2D eigenvalue weighted by molar-refractivity contribution is 7.98. The van der Waals surface area contributed by atoms with E-state index in [0.717, 1.165) is 17.3 Å². The van der Waals surface area contributed by atoms with E-state index in [1.165, 1.54) is 35.3 Å². The number of fused-ring (bicyclic) bond motifs is 1. The topological polar surface area (TPSA) is 12.0 Å². The summed E-state index contributed by atoms with van der Waals surface area (Å²) in [5.41, 5.74) is 4.03. The number of aryl methyl sites for hydroxylation is 1. The maximum Gasteiger partial charge on any atom is 0.0452 e. The zero-order valence-electron chi connectivity index (χ0n) is 10.6. The predicted octanol–water partition coefficient (Wildman–Crippen LogP) is 4.33. The van der Waals surface area contributed by atoms with E-state index in [-0.39, 0.29) is 0 Å². The minimum Gasteiger partial charge on any atom is -0.310 e. The zero-order valence-corrected chi connectivity index (χ0v) is 12.1. The zero-order chi connectivity index (χ0) is 12.3. The smallest absolute Gasteiger partial charge is 0.0452 e. The van der Waals surface area contributed by atoms with E-state index in [4.69, 9.17) is 11.6 Å². The van der Waals surface area contributed by atoms with Crippen molar-refractivity contribution < 1.29 is 0 Å². The van der Waals surface area contributed by atoms with Crippen molar-refractivity contribution in [2.24, 2.45) is 0 Å². The summed E-state index contributed by atoms with van der Waals surface area (Å²) in [6.07, 6.45) is 2.38. The summed E-state index contributed by atoms with van der Waals surface area (Å²) < 4.78 is 0. The molecule has 1 N–H and O–H groups in total. The van der Waals surface area contributed by atoms with E-state index in [1.54, 1.807) is 0 Å². The van der Waals surface area contributed by atoms with Gasteiger partial charge in [-0.15, -0.1) is 0 Å². The molecular weight excluding hydrogens is 250 g/mol. The minimum absolute atomic E-state index is 0.484. The van der Waals surface area contributed by atoms with Gasteiger partial charge in [-0.3, -0.25) is 0 Å². The average Bonchev–Trinajstić information content (AvgIpc) is 2.49. The third-order valence-electron chi connectivity index (χ3n) is 3.19. The van der Waals surface area contributed by atoms with Gasteiger partial charge < -0.3 is 5.32 Å². The number of thioether (sulfide) groups is 1. The molecule has 17 heavy (non-hydrogen) atoms. The number of hydrogen-bond donors (Lipinski definition) is 1. The Balaban J connectivity index is 2.33. The molecule has 1 aromatic carbocycles. The molecule has 2 rings (SSSR count). The second-order valence-electron chi connectivity index (χ2n) is 4.66. The quantitative estimate of drug-likeness (QED) is 0.877. The molecule has 1 heterocycles. The van der Waals surface area contributed by atoms with Crippen LogP contribution in [0, 0.1) is 6.92 Å². The molecule has 1 aliphatic rings. The van der Waals surface area contributed by atoms with Crippen LogP contribution in [0.3, 0.4) is 0 Å². The molecule has 0 saturated carbocycles. The lowest BCUT2D eigenvalue weighted by atomic mass is 9.97. The van der Waals surface area contributed by atoms with Crippen LogP contribution in [0.25, 0.3) is 0 Å². The van der Waals surface area contributed by atoms with E-state index in [0.29, 0.717) is 6.04 Å². The number of halogens is 1. The van der Waals surface area contributed by atoms with Crippen molar-refractivity contribution >= 4 is 23.4 Å². The fraction of sp³-hybridized carbons (Fsp3) is 0.571. The van der Waals surface area contributed by atoms with E-state index >= 15 is 0 Å². The first-order valence-electron chi connectivity index (χ1n) is 6.32. The normalized spacial score (nSPS) is 19.8. The molecule has 3 heteroatoms. The highest BCUT2D eigenvalue weighted by atomic mass is 35.5. The first kappa shape index (κ1) is 13.3. The molecule has 0 amide bonds. The fourth-order valence-electron chi connectivity index (χ4n) is 2.32. The van der Waals surface area contributed by atoms with Crippen LogP contribution >= 0.6 is 23.4 Å². The molecule has 0 radical (unpaired) electrons. The number of rotatable bonds is 3. The van der Waals surface area contributed by atoms with Gasteiger partial charge >= 0.3 is 0 Å². The number of benzene rings is 1. The lowest BCUT2D eigenvalue weighted by Gasteiger charge is -2.20. The highest BCUT2D eigenvalue weighted by Crippen LogP contribution is 2.35. The first-order valence-corrected chi connectivity index (χ1v) is 7.85. The van der Waals surface area contributed by atoms with Crippen LogP contribution in [0.5, 0.6) is 0 Å². The number of hydrogen-bond acceptors (Lipinski definition) is 2. The van der Waals surface area contributed by atoms with E-state index < -0.39 is 0 Å². The van der Waals surface area contributed by atoms with E-state index in [1.807, 2.05) is 11.8 Å². The maximum atomic E-state index is 6.38. The SMILES string of the molecule is CCCNC1CCSCc2c(Cl)cc(C)cc21. The molecule has 0 spiro atoms. The van der Waals surface area contributed by atoms with Gasteiger partial charge in [-0.1, -0.05) is 24.6 Å². The average molecular weight is 270 g/mol. The van der Waals surface area contributed by atoms with Crippen LogP contribution in [0.2, 0.25) is 5.02 Å². The van der Waals surface area contributed by atoms with Crippen molar-refractivity contribution in [3.05, 3.63) is 33.8 Å². The summed E-state index contributed by atoms with van der Waals surface area (Å²) in [6, 6.07) is 4.88. The van der Waals surface area contributed by atoms with Crippen molar-refractivity contribution in [2.75, 3.05) is 12.3 Å². The Morgan fingerprint density at radius 3 is 3.06 bits per heavy atom. The van der Waals surface area contributed by atoms with Crippen LogP contribution in [0.1, 0.15) is 42.5 Å². The summed E-state index contributed by atoms with van der Waals surface area (Å²) in [5.74, 6) is 2.27. The third kappa shape index (κ3) is 3.18. The van der Waals surface area contributed by atoms with Crippen LogP contribution in [0.15, 0.2) is 12.1 Å². The Morgan fingerprint density at radius 1 is 1.47 bits per heavy atom. The fourth-order valence-corrected chi connectivity index (χ4v) is 3.82. The van der Waals surface area contributed by atoms with Gasteiger partial charge in [0.15, 0.2) is 0 Å². The van der Waals surface area contributed by atoms with E-state index in [2.05, 4.69) is 31.3 Å². The number of nitrogens with one attached hydrogen (secondary N) is 1. The Labute approximate surface area is 113 Å². The van der Waals surface area contributed by atoms with Crippen molar-refractivity contribution in [2.45, 2.75) is 38.5 Å². The van der Waals surface area contributed by atoms with Crippen molar-refractivity contribution in [3.63, 3.8) is 0 Å². The van der Waals surface area contributed by atoms with Gasteiger partial charge in [0, 0.05) is 16.8 Å². The van der Waals surface area contributed by atoms with Gasteiger partial charge in [0.1, 0.15) is 0 Å². The maximum absolute atomic E-state index is 6.38. The Bertz CT molecular complexity index is 392. The minimum atomic E-state index is 0.484. The second kappa shape index (κ2) is 6.12. The standard InChI is InChI=1S/C14H20ClNS/c1-3-5-16-14-4-6-17-9-12-11(14)7-10(2)8-13(12)15/h7-8,14,16H,3-6,9H2,1-2H3. The largest absolute Gasteiger partial charge is 0.310 e. The molecule has 0 saturated heterocycles. The summed E-state index contributed by atoms with van der Waals surface area (Å²) in [4.78, 5) is 0.